The zero-order valence-corrected chi connectivity index (χ0v) is 6.81. The highest BCUT2D eigenvalue weighted by Gasteiger charge is 2.35. The molecule has 0 aliphatic carbocycles. The minimum atomic E-state index is -4.48. The van der Waals surface area contributed by atoms with E-state index in [4.69, 9.17) is 0 Å². The molecule has 0 aliphatic rings. The molecule has 0 N–H and O–H groups in total. The summed E-state index contributed by atoms with van der Waals surface area (Å²) in [5.41, 5.74) is 0. The summed E-state index contributed by atoms with van der Waals surface area (Å²) in [5, 5.41) is 0. The van der Waals surface area contributed by atoms with Crippen molar-refractivity contribution in [3.63, 3.8) is 0 Å². The van der Waals surface area contributed by atoms with Crippen molar-refractivity contribution >= 4 is 5.97 Å². The van der Waals surface area contributed by atoms with E-state index in [1.165, 1.54) is 6.92 Å². The molecule has 0 aliphatic heterocycles. The number of esters is 1. The second kappa shape index (κ2) is 4.30. The summed E-state index contributed by atoms with van der Waals surface area (Å²) < 4.78 is 39.6. The van der Waals surface area contributed by atoms with Gasteiger partial charge in [-0.15, -0.1) is 0 Å². The lowest BCUT2D eigenvalue weighted by Crippen LogP contribution is -2.38. The van der Waals surface area contributed by atoms with Gasteiger partial charge in [-0.2, -0.15) is 13.2 Å². The Morgan fingerprint density at radius 2 is 2.00 bits per heavy atom. The Kier molecular flexibility index (Phi) is 4.02. The van der Waals surface area contributed by atoms with E-state index in [1.807, 2.05) is 0 Å². The Hall–Kier alpha value is -0.780. The Morgan fingerprint density at radius 3 is 2.33 bits per heavy atom. The fourth-order valence-electron chi connectivity index (χ4n) is 0.490. The monoisotopic (exact) mass is 185 g/mol. The first-order chi connectivity index (χ1) is 5.38. The van der Waals surface area contributed by atoms with Crippen LogP contribution >= 0.6 is 0 Å². The first kappa shape index (κ1) is 11.2. The lowest BCUT2D eigenvalue weighted by atomic mass is 10.6. The van der Waals surface area contributed by atoms with Crippen LogP contribution in [0.1, 0.15) is 6.92 Å². The summed E-state index contributed by atoms with van der Waals surface area (Å²) in [6.45, 7) is 0.855. The molecule has 0 aromatic heterocycles. The van der Waals surface area contributed by atoms with E-state index in [1.54, 1.807) is 0 Å². The number of likely N-dealkylation sites (N-methyl/N-ethyl adjacent to an activating group) is 1. The topological polar surface area (TPSA) is 29.5 Å². The number of hydrogen-bond donors (Lipinski definition) is 0. The number of carbonyl (C=O) groups excluding carboxylic acids is 1. The molecule has 0 radical (unpaired) electrons. The minimum absolute atomic E-state index is 0.0367. The zero-order valence-electron chi connectivity index (χ0n) is 6.81. The predicted molar refractivity (Wildman–Crippen MR) is 35.3 cm³/mol. The van der Waals surface area contributed by atoms with Gasteiger partial charge in [-0.25, -0.2) is 4.90 Å². The van der Waals surface area contributed by atoms with E-state index in [9.17, 15) is 18.0 Å². The number of carbonyl (C=O) groups is 1. The maximum atomic E-state index is 11.8. The van der Waals surface area contributed by atoms with Crippen LogP contribution in [0.3, 0.4) is 0 Å². The molecule has 0 saturated heterocycles. The van der Waals surface area contributed by atoms with Gasteiger partial charge < -0.3 is 4.74 Å². The van der Waals surface area contributed by atoms with E-state index < -0.39 is 18.8 Å². The third kappa shape index (κ3) is 4.17. The summed E-state index contributed by atoms with van der Waals surface area (Å²) in [4.78, 5) is 10.5. The molecule has 0 bridgehead atoms. The summed E-state index contributed by atoms with van der Waals surface area (Å²) in [6, 6.07) is 0. The van der Waals surface area contributed by atoms with Crippen LogP contribution in [0.15, 0.2) is 0 Å². The van der Waals surface area contributed by atoms with Crippen molar-refractivity contribution in [2.45, 2.75) is 13.2 Å². The van der Waals surface area contributed by atoms with Gasteiger partial charge in [0.15, 0.2) is 0 Å². The fourth-order valence-corrected chi connectivity index (χ4v) is 0.490. The predicted octanol–water partition coefficient (Wildman–Crippen LogP) is 1.00. The van der Waals surface area contributed by atoms with Gasteiger partial charge in [0, 0.05) is 0 Å². The number of nitrogens with zero attached hydrogens (tertiary/aromatic N) is 1. The van der Waals surface area contributed by atoms with E-state index in [-0.39, 0.29) is 11.5 Å². The zero-order chi connectivity index (χ0) is 9.78. The summed E-state index contributed by atoms with van der Waals surface area (Å²) >= 11 is 0. The number of alkyl halides is 3. The van der Waals surface area contributed by atoms with E-state index in [0.717, 1.165) is 7.05 Å². The second-order valence-electron chi connectivity index (χ2n) is 2.13. The van der Waals surface area contributed by atoms with Gasteiger partial charge in [0.05, 0.1) is 6.61 Å². The highest BCUT2D eigenvalue weighted by Crippen LogP contribution is 2.18. The Labute approximate surface area is 68.1 Å². The molecule has 0 aromatic carbocycles. The van der Waals surface area contributed by atoms with Gasteiger partial charge in [0.25, 0.3) is 0 Å². The number of halogens is 3. The SMILES string of the molecule is CCOC(=O)CN(C)C(F)(F)F. The molecule has 6 heteroatoms. The average Bonchev–Trinajstić information content (AvgIpc) is 1.85. The minimum Gasteiger partial charge on any atom is -0.465 e. The van der Waals surface area contributed by atoms with Gasteiger partial charge >= 0.3 is 12.3 Å². The van der Waals surface area contributed by atoms with Gasteiger partial charge in [0.1, 0.15) is 6.54 Å². The van der Waals surface area contributed by atoms with Crippen molar-refractivity contribution in [1.29, 1.82) is 0 Å². The molecule has 12 heavy (non-hydrogen) atoms. The Morgan fingerprint density at radius 1 is 1.50 bits per heavy atom. The largest absolute Gasteiger partial charge is 0.465 e. The van der Waals surface area contributed by atoms with E-state index in [0.29, 0.717) is 0 Å². The average molecular weight is 185 g/mol. The highest BCUT2D eigenvalue weighted by atomic mass is 19.4. The highest BCUT2D eigenvalue weighted by molar-refractivity contribution is 5.71. The van der Waals surface area contributed by atoms with Gasteiger partial charge in [-0.05, 0) is 14.0 Å². The van der Waals surface area contributed by atoms with Crippen LogP contribution in [0, 0.1) is 0 Å². The third-order valence-electron chi connectivity index (χ3n) is 1.10. The van der Waals surface area contributed by atoms with E-state index >= 15 is 0 Å². The molecule has 0 rings (SSSR count). The molecule has 0 fully saturated rings. The number of ether oxygens (including phenoxy) is 1. The summed E-state index contributed by atoms with van der Waals surface area (Å²) in [5.74, 6) is -0.877. The Bertz CT molecular complexity index is 157. The molecular formula is C6H10F3NO2. The maximum Gasteiger partial charge on any atom is 0.460 e. The number of hydrogen-bond acceptors (Lipinski definition) is 3. The van der Waals surface area contributed by atoms with Gasteiger partial charge in [-0.1, -0.05) is 0 Å². The molecule has 0 saturated carbocycles. The van der Waals surface area contributed by atoms with Crippen LogP contribution in [-0.4, -0.2) is 37.4 Å². The standard InChI is InChI=1S/C6H10F3NO2/c1-3-12-5(11)4-10(2)6(7,8)9/h3-4H2,1-2H3. The van der Waals surface area contributed by atoms with Crippen molar-refractivity contribution < 1.29 is 22.7 Å². The first-order valence-electron chi connectivity index (χ1n) is 3.31. The van der Waals surface area contributed by atoms with Crippen molar-refractivity contribution in [3.8, 4) is 0 Å². The molecule has 0 atom stereocenters. The van der Waals surface area contributed by atoms with Crippen LogP contribution in [0.2, 0.25) is 0 Å². The smallest absolute Gasteiger partial charge is 0.460 e. The normalized spacial score (nSPS) is 11.8. The van der Waals surface area contributed by atoms with E-state index in [2.05, 4.69) is 4.74 Å². The summed E-state index contributed by atoms with van der Waals surface area (Å²) in [6.07, 6.45) is -4.48. The molecule has 72 valence electrons. The molecule has 0 spiro atoms. The van der Waals surface area contributed by atoms with Gasteiger partial charge in [-0.3, -0.25) is 4.79 Å². The van der Waals surface area contributed by atoms with Gasteiger partial charge in [0.2, 0.25) is 0 Å². The molecule has 0 heterocycles. The number of rotatable bonds is 3. The van der Waals surface area contributed by atoms with Crippen LogP contribution in [0.4, 0.5) is 13.2 Å². The van der Waals surface area contributed by atoms with Crippen molar-refractivity contribution in [2.24, 2.45) is 0 Å². The molecule has 3 nitrogen and oxygen atoms in total. The first-order valence-corrected chi connectivity index (χ1v) is 3.31. The molecule has 0 amide bonds. The third-order valence-corrected chi connectivity index (χ3v) is 1.10. The van der Waals surface area contributed by atoms with Crippen LogP contribution in [0.25, 0.3) is 0 Å². The fraction of sp³-hybridized carbons (Fsp3) is 0.833. The summed E-state index contributed by atoms with van der Waals surface area (Å²) in [7, 11) is 0.789. The van der Waals surface area contributed by atoms with Crippen molar-refractivity contribution in [3.05, 3.63) is 0 Å². The molecule has 0 aromatic rings. The van der Waals surface area contributed by atoms with Crippen molar-refractivity contribution in [1.82, 2.24) is 4.90 Å². The van der Waals surface area contributed by atoms with Crippen LogP contribution in [-0.2, 0) is 9.53 Å². The maximum absolute atomic E-state index is 11.8. The lowest BCUT2D eigenvalue weighted by Gasteiger charge is -2.18. The van der Waals surface area contributed by atoms with Crippen LogP contribution < -0.4 is 0 Å². The molecule has 0 unspecified atom stereocenters. The second-order valence-corrected chi connectivity index (χ2v) is 2.13. The van der Waals surface area contributed by atoms with Crippen LogP contribution in [0.5, 0.6) is 0 Å². The quantitative estimate of drug-likeness (QED) is 0.485. The van der Waals surface area contributed by atoms with Crippen molar-refractivity contribution in [2.75, 3.05) is 20.2 Å². The lowest BCUT2D eigenvalue weighted by molar-refractivity contribution is -0.238. The Balaban J connectivity index is 3.84. The molecular weight excluding hydrogens is 175 g/mol.